The summed E-state index contributed by atoms with van der Waals surface area (Å²) in [6.45, 7) is 7.71. The van der Waals surface area contributed by atoms with E-state index in [1.807, 2.05) is 17.0 Å². The molecule has 0 bridgehead atoms. The first-order valence-corrected chi connectivity index (χ1v) is 7.90. The second kappa shape index (κ2) is 7.80. The van der Waals surface area contributed by atoms with Gasteiger partial charge in [-0.15, -0.1) is 18.3 Å². The van der Waals surface area contributed by atoms with Gasteiger partial charge in [-0.3, -0.25) is 4.68 Å². The highest BCUT2D eigenvalue weighted by molar-refractivity contribution is 7.99. The summed E-state index contributed by atoms with van der Waals surface area (Å²) >= 11 is 1.79. The monoisotopic (exact) mass is 287 g/mol. The van der Waals surface area contributed by atoms with Crippen molar-refractivity contribution < 1.29 is 0 Å². The van der Waals surface area contributed by atoms with E-state index in [1.54, 1.807) is 11.8 Å². The number of anilines is 1. The van der Waals surface area contributed by atoms with Crippen LogP contribution in [0.25, 0.3) is 0 Å². The van der Waals surface area contributed by atoms with Crippen LogP contribution in [0.3, 0.4) is 0 Å². The number of benzene rings is 1. The van der Waals surface area contributed by atoms with Crippen molar-refractivity contribution in [2.45, 2.75) is 31.3 Å². The minimum Gasteiger partial charge on any atom is -0.380 e. The van der Waals surface area contributed by atoms with E-state index >= 15 is 0 Å². The van der Waals surface area contributed by atoms with Crippen LogP contribution in [0.1, 0.15) is 18.9 Å². The fourth-order valence-corrected chi connectivity index (χ4v) is 2.70. The van der Waals surface area contributed by atoms with E-state index in [0.717, 1.165) is 25.3 Å². The molecule has 0 spiro atoms. The summed E-state index contributed by atoms with van der Waals surface area (Å²) in [6.07, 6.45) is 7.07. The quantitative estimate of drug-likeness (QED) is 0.583. The Morgan fingerprint density at radius 1 is 1.40 bits per heavy atom. The highest BCUT2D eigenvalue weighted by Gasteiger charge is 2.03. The third-order valence-corrected chi connectivity index (χ3v) is 3.94. The SMILES string of the molecule is C=CCSc1ccccc1NCc1cnn(CCC)c1. The summed E-state index contributed by atoms with van der Waals surface area (Å²) in [5.41, 5.74) is 2.38. The standard InChI is InChI=1S/C16H21N3S/c1-3-9-19-13-14(12-18-19)11-17-15-7-5-6-8-16(15)20-10-4-2/h4-8,12-13,17H,2-3,9-11H2,1H3. The van der Waals surface area contributed by atoms with Gasteiger partial charge in [0, 0.05) is 41.2 Å². The van der Waals surface area contributed by atoms with Crippen molar-refractivity contribution in [2.24, 2.45) is 0 Å². The third-order valence-electron chi connectivity index (χ3n) is 2.87. The average molecular weight is 287 g/mol. The molecular formula is C16H21N3S. The molecule has 2 aromatic rings. The van der Waals surface area contributed by atoms with Crippen LogP contribution in [0.5, 0.6) is 0 Å². The minimum absolute atomic E-state index is 0.801. The van der Waals surface area contributed by atoms with Crippen LogP contribution < -0.4 is 5.32 Å². The first-order chi connectivity index (χ1) is 9.83. The number of hydrogen-bond acceptors (Lipinski definition) is 3. The summed E-state index contributed by atoms with van der Waals surface area (Å²) in [7, 11) is 0. The topological polar surface area (TPSA) is 29.9 Å². The lowest BCUT2D eigenvalue weighted by molar-refractivity contribution is 0.602. The molecule has 4 heteroatoms. The molecule has 0 saturated carbocycles. The summed E-state index contributed by atoms with van der Waals surface area (Å²) < 4.78 is 2.00. The summed E-state index contributed by atoms with van der Waals surface area (Å²) in [4.78, 5) is 1.26. The lowest BCUT2D eigenvalue weighted by Gasteiger charge is -2.10. The summed E-state index contributed by atoms with van der Waals surface area (Å²) in [5.74, 6) is 0.924. The van der Waals surface area contributed by atoms with Crippen LogP contribution in [0.2, 0.25) is 0 Å². The van der Waals surface area contributed by atoms with Gasteiger partial charge in [-0.05, 0) is 18.6 Å². The number of nitrogens with one attached hydrogen (secondary N) is 1. The molecule has 0 aliphatic rings. The van der Waals surface area contributed by atoms with Crippen molar-refractivity contribution in [3.05, 3.63) is 54.9 Å². The normalized spacial score (nSPS) is 10.4. The number of rotatable bonds is 8. The Balaban J connectivity index is 1.97. The van der Waals surface area contributed by atoms with Crippen LogP contribution in [0.4, 0.5) is 5.69 Å². The lowest BCUT2D eigenvalue weighted by atomic mass is 10.3. The van der Waals surface area contributed by atoms with Crippen LogP contribution in [-0.2, 0) is 13.1 Å². The lowest BCUT2D eigenvalue weighted by Crippen LogP contribution is -2.00. The Bertz CT molecular complexity index is 548. The molecule has 2 rings (SSSR count). The minimum atomic E-state index is 0.801. The van der Waals surface area contributed by atoms with Crippen LogP contribution in [0, 0.1) is 0 Å². The van der Waals surface area contributed by atoms with E-state index in [1.165, 1.54) is 16.1 Å². The molecular weight excluding hydrogens is 266 g/mol. The molecule has 1 aromatic carbocycles. The number of aryl methyl sites for hydroxylation is 1. The Kier molecular flexibility index (Phi) is 5.74. The number of nitrogens with zero attached hydrogens (tertiary/aromatic N) is 2. The molecule has 0 fully saturated rings. The Morgan fingerprint density at radius 3 is 3.05 bits per heavy atom. The molecule has 0 aliphatic heterocycles. The van der Waals surface area contributed by atoms with Gasteiger partial charge in [0.2, 0.25) is 0 Å². The summed E-state index contributed by atoms with van der Waals surface area (Å²) in [6, 6.07) is 8.37. The molecule has 0 aliphatic carbocycles. The molecule has 0 atom stereocenters. The highest BCUT2D eigenvalue weighted by Crippen LogP contribution is 2.27. The average Bonchev–Trinajstić information content (AvgIpc) is 2.92. The fraction of sp³-hybridized carbons (Fsp3) is 0.312. The molecule has 0 amide bonds. The van der Waals surface area contributed by atoms with Crippen LogP contribution in [-0.4, -0.2) is 15.5 Å². The smallest absolute Gasteiger partial charge is 0.0539 e. The second-order valence-electron chi connectivity index (χ2n) is 4.56. The second-order valence-corrected chi connectivity index (χ2v) is 5.62. The van der Waals surface area contributed by atoms with Gasteiger partial charge >= 0.3 is 0 Å². The van der Waals surface area contributed by atoms with Gasteiger partial charge < -0.3 is 5.32 Å². The maximum Gasteiger partial charge on any atom is 0.0539 e. The van der Waals surface area contributed by atoms with Gasteiger partial charge in [0.15, 0.2) is 0 Å². The van der Waals surface area contributed by atoms with E-state index in [4.69, 9.17) is 0 Å². The first-order valence-electron chi connectivity index (χ1n) is 6.91. The van der Waals surface area contributed by atoms with Crippen molar-refractivity contribution >= 4 is 17.4 Å². The maximum atomic E-state index is 4.35. The number of hydrogen-bond donors (Lipinski definition) is 1. The van der Waals surface area contributed by atoms with Crippen molar-refractivity contribution in [2.75, 3.05) is 11.1 Å². The van der Waals surface area contributed by atoms with Crippen LogP contribution in [0.15, 0.2) is 54.2 Å². The Morgan fingerprint density at radius 2 is 2.25 bits per heavy atom. The van der Waals surface area contributed by atoms with Gasteiger partial charge in [0.25, 0.3) is 0 Å². The van der Waals surface area contributed by atoms with Crippen molar-refractivity contribution in [3.8, 4) is 0 Å². The molecule has 0 unspecified atom stereocenters. The third kappa shape index (κ3) is 4.17. The number of aromatic nitrogens is 2. The zero-order valence-corrected chi connectivity index (χ0v) is 12.7. The van der Waals surface area contributed by atoms with E-state index < -0.39 is 0 Å². The molecule has 1 heterocycles. The first kappa shape index (κ1) is 14.7. The number of para-hydroxylation sites is 1. The van der Waals surface area contributed by atoms with Crippen molar-refractivity contribution in [1.29, 1.82) is 0 Å². The van der Waals surface area contributed by atoms with E-state index in [0.29, 0.717) is 0 Å². The van der Waals surface area contributed by atoms with Crippen molar-refractivity contribution in [1.82, 2.24) is 9.78 Å². The number of thioether (sulfide) groups is 1. The molecule has 0 saturated heterocycles. The molecule has 3 nitrogen and oxygen atoms in total. The van der Waals surface area contributed by atoms with E-state index in [9.17, 15) is 0 Å². The van der Waals surface area contributed by atoms with Gasteiger partial charge in [-0.25, -0.2) is 0 Å². The van der Waals surface area contributed by atoms with E-state index in [2.05, 4.69) is 54.4 Å². The predicted molar refractivity (Wildman–Crippen MR) is 87.2 cm³/mol. The van der Waals surface area contributed by atoms with Gasteiger partial charge in [0.1, 0.15) is 0 Å². The van der Waals surface area contributed by atoms with E-state index in [-0.39, 0.29) is 0 Å². The molecule has 0 radical (unpaired) electrons. The fourth-order valence-electron chi connectivity index (χ4n) is 1.93. The Labute approximate surface area is 125 Å². The van der Waals surface area contributed by atoms with Crippen molar-refractivity contribution in [3.63, 3.8) is 0 Å². The molecule has 20 heavy (non-hydrogen) atoms. The largest absolute Gasteiger partial charge is 0.380 e. The molecule has 106 valence electrons. The Hall–Kier alpha value is -1.68. The zero-order chi connectivity index (χ0) is 14.2. The maximum absolute atomic E-state index is 4.35. The van der Waals surface area contributed by atoms with Gasteiger partial charge in [-0.2, -0.15) is 5.10 Å². The summed E-state index contributed by atoms with van der Waals surface area (Å²) in [5, 5.41) is 7.83. The van der Waals surface area contributed by atoms with Gasteiger partial charge in [-0.1, -0.05) is 25.1 Å². The highest BCUT2D eigenvalue weighted by atomic mass is 32.2. The predicted octanol–water partition coefficient (Wildman–Crippen LogP) is 4.18. The van der Waals surface area contributed by atoms with Crippen LogP contribution >= 0.6 is 11.8 Å². The zero-order valence-electron chi connectivity index (χ0n) is 11.9. The molecule has 1 N–H and O–H groups in total. The van der Waals surface area contributed by atoms with Gasteiger partial charge in [0.05, 0.1) is 6.20 Å². The molecule has 1 aromatic heterocycles.